The quantitative estimate of drug-likeness (QED) is 0.817. The number of hydrogen-bond donors (Lipinski definition) is 2. The van der Waals surface area contributed by atoms with Crippen molar-refractivity contribution >= 4 is 29.0 Å². The zero-order chi connectivity index (χ0) is 13.3. The van der Waals surface area contributed by atoms with Gasteiger partial charge in [0.05, 0.1) is 16.3 Å². The second-order valence-corrected chi connectivity index (χ2v) is 4.40. The predicted molar refractivity (Wildman–Crippen MR) is 71.8 cm³/mol. The first-order valence-corrected chi connectivity index (χ1v) is 5.72. The van der Waals surface area contributed by atoms with Crippen molar-refractivity contribution in [1.82, 2.24) is 9.78 Å². The van der Waals surface area contributed by atoms with Gasteiger partial charge in [-0.25, -0.2) is 0 Å². The summed E-state index contributed by atoms with van der Waals surface area (Å²) in [6.07, 6.45) is 0. The van der Waals surface area contributed by atoms with Gasteiger partial charge in [-0.2, -0.15) is 5.10 Å². The summed E-state index contributed by atoms with van der Waals surface area (Å²) in [7, 11) is 1.76. The van der Waals surface area contributed by atoms with Gasteiger partial charge in [-0.3, -0.25) is 9.48 Å². The number of nitrogens with one attached hydrogen (secondary N) is 1. The largest absolute Gasteiger partial charge is 0.399 e. The number of nitrogens with zero attached hydrogens (tertiary/aromatic N) is 2. The van der Waals surface area contributed by atoms with Gasteiger partial charge in [0, 0.05) is 18.8 Å². The number of aromatic nitrogens is 2. The number of carbonyl (C=O) groups is 1. The van der Waals surface area contributed by atoms with Crippen molar-refractivity contribution in [3.8, 4) is 0 Å². The van der Waals surface area contributed by atoms with Crippen LogP contribution in [0.4, 0.5) is 11.5 Å². The Hall–Kier alpha value is -2.01. The number of hydrogen-bond acceptors (Lipinski definition) is 3. The van der Waals surface area contributed by atoms with Crippen LogP contribution < -0.4 is 11.1 Å². The molecule has 0 bridgehead atoms. The van der Waals surface area contributed by atoms with E-state index in [1.165, 1.54) is 0 Å². The fraction of sp³-hybridized carbons (Fsp3) is 0.167. The molecule has 0 aliphatic rings. The van der Waals surface area contributed by atoms with E-state index in [4.69, 9.17) is 17.3 Å². The molecule has 0 aliphatic carbocycles. The Kier molecular flexibility index (Phi) is 3.25. The summed E-state index contributed by atoms with van der Waals surface area (Å²) in [6.45, 7) is 1.85. The summed E-state index contributed by atoms with van der Waals surface area (Å²) in [5, 5.41) is 7.21. The molecule has 0 radical (unpaired) electrons. The molecular formula is C12H13ClN4O. The Morgan fingerprint density at radius 1 is 1.44 bits per heavy atom. The van der Waals surface area contributed by atoms with Crippen molar-refractivity contribution in [2.45, 2.75) is 6.92 Å². The summed E-state index contributed by atoms with van der Waals surface area (Å²) in [5.41, 5.74) is 7.31. The van der Waals surface area contributed by atoms with Gasteiger partial charge < -0.3 is 11.1 Å². The number of carbonyl (C=O) groups excluding carboxylic acids is 1. The molecular weight excluding hydrogens is 252 g/mol. The van der Waals surface area contributed by atoms with Crippen LogP contribution in [0.15, 0.2) is 24.3 Å². The van der Waals surface area contributed by atoms with Crippen LogP contribution in [0.3, 0.4) is 0 Å². The second kappa shape index (κ2) is 4.70. The average Bonchev–Trinajstić information content (AvgIpc) is 2.57. The molecule has 0 atom stereocenters. The summed E-state index contributed by atoms with van der Waals surface area (Å²) in [6, 6.07) is 6.56. The molecule has 0 saturated carbocycles. The number of anilines is 2. The average molecular weight is 265 g/mol. The second-order valence-electron chi connectivity index (χ2n) is 3.99. The van der Waals surface area contributed by atoms with Crippen LogP contribution in [0.1, 0.15) is 16.1 Å². The van der Waals surface area contributed by atoms with Crippen LogP contribution in [0, 0.1) is 6.92 Å². The molecule has 0 unspecified atom stereocenters. The van der Waals surface area contributed by atoms with Crippen molar-refractivity contribution in [3.05, 3.63) is 40.5 Å². The van der Waals surface area contributed by atoms with Gasteiger partial charge in [0.1, 0.15) is 5.82 Å². The number of benzene rings is 1. The van der Waals surface area contributed by atoms with Crippen LogP contribution >= 0.6 is 11.6 Å². The van der Waals surface area contributed by atoms with E-state index in [1.807, 2.05) is 6.92 Å². The molecule has 94 valence electrons. The van der Waals surface area contributed by atoms with Gasteiger partial charge in [-0.1, -0.05) is 11.6 Å². The lowest BCUT2D eigenvalue weighted by atomic mass is 10.2. The normalized spacial score (nSPS) is 10.4. The third-order valence-electron chi connectivity index (χ3n) is 2.48. The van der Waals surface area contributed by atoms with Crippen molar-refractivity contribution in [1.29, 1.82) is 0 Å². The van der Waals surface area contributed by atoms with E-state index in [0.29, 0.717) is 22.1 Å². The minimum absolute atomic E-state index is 0.289. The molecule has 6 heteroatoms. The number of rotatable bonds is 2. The van der Waals surface area contributed by atoms with Crippen LogP contribution in [-0.2, 0) is 7.05 Å². The highest BCUT2D eigenvalue weighted by atomic mass is 35.5. The molecule has 1 aromatic carbocycles. The van der Waals surface area contributed by atoms with Crippen LogP contribution in [-0.4, -0.2) is 15.7 Å². The van der Waals surface area contributed by atoms with Crippen molar-refractivity contribution < 1.29 is 4.79 Å². The molecule has 3 N–H and O–H groups in total. The molecule has 0 spiro atoms. The Labute approximate surface area is 110 Å². The first-order chi connectivity index (χ1) is 8.47. The van der Waals surface area contributed by atoms with E-state index in [2.05, 4.69) is 10.4 Å². The van der Waals surface area contributed by atoms with Gasteiger partial charge >= 0.3 is 0 Å². The fourth-order valence-corrected chi connectivity index (χ4v) is 1.90. The van der Waals surface area contributed by atoms with Gasteiger partial charge in [0.2, 0.25) is 0 Å². The number of nitrogens with two attached hydrogens (primary N) is 1. The van der Waals surface area contributed by atoms with Crippen LogP contribution in [0.25, 0.3) is 0 Å². The number of amides is 1. The Morgan fingerprint density at radius 3 is 2.72 bits per heavy atom. The van der Waals surface area contributed by atoms with E-state index in [0.717, 1.165) is 5.69 Å². The maximum Gasteiger partial charge on any atom is 0.258 e. The van der Waals surface area contributed by atoms with Crippen molar-refractivity contribution in [3.63, 3.8) is 0 Å². The standard InChI is InChI=1S/C12H13ClN4O/c1-7-5-11(17(2)16-7)15-12(18)9-4-3-8(14)6-10(9)13/h3-6H,14H2,1-2H3,(H,15,18). The molecule has 1 aromatic heterocycles. The van der Waals surface area contributed by atoms with E-state index < -0.39 is 0 Å². The van der Waals surface area contributed by atoms with Gasteiger partial charge in [0.15, 0.2) is 0 Å². The van der Waals surface area contributed by atoms with E-state index in [1.54, 1.807) is 36.0 Å². The zero-order valence-electron chi connectivity index (χ0n) is 10.1. The minimum atomic E-state index is -0.289. The Bertz CT molecular complexity index is 606. The molecule has 1 amide bonds. The van der Waals surface area contributed by atoms with E-state index >= 15 is 0 Å². The third-order valence-corrected chi connectivity index (χ3v) is 2.79. The fourth-order valence-electron chi connectivity index (χ4n) is 1.63. The SMILES string of the molecule is Cc1cc(NC(=O)c2ccc(N)cc2Cl)n(C)n1. The van der Waals surface area contributed by atoms with E-state index in [9.17, 15) is 4.79 Å². The highest BCUT2D eigenvalue weighted by molar-refractivity contribution is 6.34. The van der Waals surface area contributed by atoms with Gasteiger partial charge in [-0.05, 0) is 25.1 Å². The summed E-state index contributed by atoms with van der Waals surface area (Å²) >= 11 is 5.97. The highest BCUT2D eigenvalue weighted by Crippen LogP contribution is 2.20. The zero-order valence-corrected chi connectivity index (χ0v) is 10.8. The Morgan fingerprint density at radius 2 is 2.17 bits per heavy atom. The van der Waals surface area contributed by atoms with Crippen LogP contribution in [0.2, 0.25) is 5.02 Å². The number of nitrogen functional groups attached to an aromatic ring is 1. The first-order valence-electron chi connectivity index (χ1n) is 5.34. The third kappa shape index (κ3) is 2.46. The first kappa shape index (κ1) is 12.4. The summed E-state index contributed by atoms with van der Waals surface area (Å²) in [5.74, 6) is 0.327. The highest BCUT2D eigenvalue weighted by Gasteiger charge is 2.12. The minimum Gasteiger partial charge on any atom is -0.399 e. The molecule has 2 aromatic rings. The smallest absolute Gasteiger partial charge is 0.258 e. The lowest BCUT2D eigenvalue weighted by molar-refractivity contribution is 0.102. The topological polar surface area (TPSA) is 72.9 Å². The summed E-state index contributed by atoms with van der Waals surface area (Å²) in [4.78, 5) is 12.0. The summed E-state index contributed by atoms with van der Waals surface area (Å²) < 4.78 is 1.60. The van der Waals surface area contributed by atoms with Gasteiger partial charge in [-0.15, -0.1) is 0 Å². The van der Waals surface area contributed by atoms with Gasteiger partial charge in [0.25, 0.3) is 5.91 Å². The number of aryl methyl sites for hydroxylation is 2. The maximum atomic E-state index is 12.0. The van der Waals surface area contributed by atoms with Crippen molar-refractivity contribution in [2.75, 3.05) is 11.1 Å². The van der Waals surface area contributed by atoms with Crippen LogP contribution in [0.5, 0.6) is 0 Å². The molecule has 0 saturated heterocycles. The Balaban J connectivity index is 2.24. The lowest BCUT2D eigenvalue weighted by Crippen LogP contribution is -2.15. The van der Waals surface area contributed by atoms with Crippen molar-refractivity contribution in [2.24, 2.45) is 7.05 Å². The molecule has 5 nitrogen and oxygen atoms in total. The monoisotopic (exact) mass is 264 g/mol. The molecule has 0 aliphatic heterocycles. The molecule has 2 rings (SSSR count). The van der Waals surface area contributed by atoms with E-state index in [-0.39, 0.29) is 5.91 Å². The predicted octanol–water partition coefficient (Wildman–Crippen LogP) is 2.22. The lowest BCUT2D eigenvalue weighted by Gasteiger charge is -2.07. The molecule has 18 heavy (non-hydrogen) atoms. The number of halogens is 1. The maximum absolute atomic E-state index is 12.0. The molecule has 0 fully saturated rings. The molecule has 1 heterocycles.